The van der Waals surface area contributed by atoms with Crippen molar-refractivity contribution in [1.82, 2.24) is 25.0 Å². The van der Waals surface area contributed by atoms with Gasteiger partial charge in [0.25, 0.3) is 5.91 Å². The Kier molecular flexibility index (Phi) is 6.96. The van der Waals surface area contributed by atoms with Gasteiger partial charge in [-0.25, -0.2) is 14.6 Å². The second-order valence-corrected chi connectivity index (χ2v) is 8.18. The Morgan fingerprint density at radius 2 is 1.61 bits per heavy atom. The molecule has 2 amide bonds. The van der Waals surface area contributed by atoms with Crippen LogP contribution < -0.4 is 10.6 Å². The maximum atomic E-state index is 13.0. The Balaban J connectivity index is 1.60. The van der Waals surface area contributed by atoms with Crippen molar-refractivity contribution in [2.75, 3.05) is 10.6 Å². The predicted octanol–water partition coefficient (Wildman–Crippen LogP) is 4.21. The van der Waals surface area contributed by atoms with Crippen molar-refractivity contribution in [2.45, 2.75) is 17.8 Å². The largest absolute Gasteiger partial charge is 0.326 e. The van der Waals surface area contributed by atoms with Gasteiger partial charge < -0.3 is 10.6 Å². The number of aromatic nitrogens is 5. The van der Waals surface area contributed by atoms with Crippen molar-refractivity contribution in [3.05, 3.63) is 83.4 Å². The second-order valence-electron chi connectivity index (χ2n) is 6.81. The van der Waals surface area contributed by atoms with Crippen molar-refractivity contribution in [1.29, 1.82) is 0 Å². The molecule has 4 rings (SSSR count). The zero-order valence-corrected chi connectivity index (χ0v) is 19.0. The number of amides is 2. The molecule has 0 aliphatic rings. The molecule has 0 saturated heterocycles. The Hall–Kier alpha value is -3.76. The zero-order chi connectivity index (χ0) is 23.2. The van der Waals surface area contributed by atoms with E-state index < -0.39 is 5.91 Å². The molecule has 33 heavy (non-hydrogen) atoms. The lowest BCUT2D eigenvalue weighted by atomic mass is 10.2. The molecule has 0 bridgehead atoms. The molecule has 0 aliphatic carbocycles. The Bertz CT molecular complexity index is 1260. The van der Waals surface area contributed by atoms with Crippen LogP contribution in [0.5, 0.6) is 0 Å². The highest BCUT2D eigenvalue weighted by Crippen LogP contribution is 2.24. The van der Waals surface area contributed by atoms with Gasteiger partial charge in [0.1, 0.15) is 0 Å². The van der Waals surface area contributed by atoms with Gasteiger partial charge in [0.2, 0.25) is 5.91 Å². The molecule has 0 unspecified atom stereocenters. The third-order valence-electron chi connectivity index (χ3n) is 4.39. The number of hydrogen-bond acceptors (Lipinski definition) is 7. The minimum Gasteiger partial charge on any atom is -0.326 e. The summed E-state index contributed by atoms with van der Waals surface area (Å²) < 4.78 is 1.60. The maximum Gasteiger partial charge on any atom is 0.278 e. The molecule has 9 nitrogen and oxygen atoms in total. The number of thioether (sulfide) groups is 1. The first kappa shape index (κ1) is 22.4. The number of rotatable bonds is 7. The van der Waals surface area contributed by atoms with Gasteiger partial charge in [-0.2, -0.15) is 0 Å². The summed E-state index contributed by atoms with van der Waals surface area (Å²) in [5.41, 5.74) is 2.67. The smallest absolute Gasteiger partial charge is 0.278 e. The van der Waals surface area contributed by atoms with Crippen LogP contribution in [0.25, 0.3) is 5.69 Å². The molecule has 2 aromatic heterocycles. The molecule has 4 aromatic rings. The molecule has 0 aliphatic heterocycles. The number of carbonyl (C=O) groups is 2. The summed E-state index contributed by atoms with van der Waals surface area (Å²) in [5, 5.41) is 15.0. The summed E-state index contributed by atoms with van der Waals surface area (Å²) in [4.78, 5) is 32.7. The lowest BCUT2D eigenvalue weighted by Crippen LogP contribution is -2.15. The van der Waals surface area contributed by atoms with Crippen molar-refractivity contribution in [2.24, 2.45) is 0 Å². The molecule has 2 aromatic carbocycles. The summed E-state index contributed by atoms with van der Waals surface area (Å²) in [6.45, 7) is 1.43. The number of benzene rings is 2. The number of nitrogens with one attached hydrogen (secondary N) is 2. The van der Waals surface area contributed by atoms with E-state index in [1.54, 1.807) is 71.7 Å². The summed E-state index contributed by atoms with van der Waals surface area (Å²) >= 11 is 7.38. The summed E-state index contributed by atoms with van der Waals surface area (Å²) in [6.07, 6.45) is 3.31. The molecular weight excluding hydrogens is 462 g/mol. The average molecular weight is 480 g/mol. The zero-order valence-electron chi connectivity index (χ0n) is 17.4. The van der Waals surface area contributed by atoms with Crippen LogP contribution in [0.1, 0.15) is 23.1 Å². The first-order chi connectivity index (χ1) is 16.0. The third-order valence-corrected chi connectivity index (χ3v) is 5.53. The molecule has 0 fully saturated rings. The first-order valence-electron chi connectivity index (χ1n) is 9.79. The Labute approximate surface area is 198 Å². The van der Waals surface area contributed by atoms with Crippen molar-refractivity contribution < 1.29 is 9.59 Å². The number of halogens is 1. The predicted molar refractivity (Wildman–Crippen MR) is 127 cm³/mol. The molecule has 2 N–H and O–H groups in total. The van der Waals surface area contributed by atoms with Crippen LogP contribution in [0.15, 0.2) is 72.1 Å². The average Bonchev–Trinajstić information content (AvgIpc) is 3.24. The fourth-order valence-corrected chi connectivity index (χ4v) is 3.84. The van der Waals surface area contributed by atoms with E-state index in [4.69, 9.17) is 11.6 Å². The van der Waals surface area contributed by atoms with Crippen LogP contribution in [0.3, 0.4) is 0 Å². The first-order valence-corrected chi connectivity index (χ1v) is 11.2. The van der Waals surface area contributed by atoms with Crippen LogP contribution in [-0.2, 0) is 10.5 Å². The lowest BCUT2D eigenvalue weighted by Gasteiger charge is -2.09. The fourth-order valence-electron chi connectivity index (χ4n) is 2.92. The Morgan fingerprint density at radius 3 is 2.24 bits per heavy atom. The molecule has 0 atom stereocenters. The van der Waals surface area contributed by atoms with E-state index in [1.165, 1.54) is 18.7 Å². The fraction of sp³-hybridized carbons (Fsp3) is 0.0909. The normalized spacial score (nSPS) is 10.6. The van der Waals surface area contributed by atoms with Crippen molar-refractivity contribution in [3.63, 3.8) is 0 Å². The molecule has 11 heteroatoms. The number of anilines is 2. The monoisotopic (exact) mass is 479 g/mol. The molecule has 166 valence electrons. The van der Waals surface area contributed by atoms with Gasteiger partial charge in [-0.3, -0.25) is 9.59 Å². The summed E-state index contributed by atoms with van der Waals surface area (Å²) in [7, 11) is 0. The number of carbonyl (C=O) groups excluding carboxylic acids is 2. The number of hydrogen-bond donors (Lipinski definition) is 2. The van der Waals surface area contributed by atoms with E-state index in [0.717, 1.165) is 5.69 Å². The van der Waals surface area contributed by atoms with E-state index >= 15 is 0 Å². The van der Waals surface area contributed by atoms with E-state index in [0.29, 0.717) is 33.0 Å². The highest BCUT2D eigenvalue weighted by molar-refractivity contribution is 7.98. The van der Waals surface area contributed by atoms with Crippen LogP contribution in [0.2, 0.25) is 5.02 Å². The Morgan fingerprint density at radius 1 is 0.970 bits per heavy atom. The van der Waals surface area contributed by atoms with Gasteiger partial charge in [-0.1, -0.05) is 28.6 Å². The van der Waals surface area contributed by atoms with Crippen molar-refractivity contribution in [3.8, 4) is 5.69 Å². The SMILES string of the molecule is CC(=O)Nc1ccc(NC(=O)c2nnn(-c3ccc(Cl)cc3)c2CSc2ncccn2)cc1. The lowest BCUT2D eigenvalue weighted by molar-refractivity contribution is -0.114. The van der Waals surface area contributed by atoms with E-state index in [-0.39, 0.29) is 11.6 Å². The van der Waals surface area contributed by atoms with Gasteiger partial charge in [-0.05, 0) is 54.6 Å². The van der Waals surface area contributed by atoms with Gasteiger partial charge in [-0.15, -0.1) is 5.10 Å². The maximum absolute atomic E-state index is 13.0. The van der Waals surface area contributed by atoms with Crippen LogP contribution >= 0.6 is 23.4 Å². The molecule has 2 heterocycles. The molecular formula is C22H18ClN7O2S. The topological polar surface area (TPSA) is 115 Å². The van der Waals surface area contributed by atoms with E-state index in [1.807, 2.05) is 0 Å². The summed E-state index contributed by atoms with van der Waals surface area (Å²) in [6, 6.07) is 15.6. The molecule has 0 saturated carbocycles. The highest BCUT2D eigenvalue weighted by Gasteiger charge is 2.21. The second kappa shape index (κ2) is 10.2. The quantitative estimate of drug-likeness (QED) is 0.301. The van der Waals surface area contributed by atoms with Gasteiger partial charge in [0, 0.05) is 41.5 Å². The standard InChI is InChI=1S/C22H18ClN7O2S/c1-14(31)26-16-5-7-17(8-6-16)27-21(32)20-19(13-33-22-24-11-2-12-25-22)30(29-28-20)18-9-3-15(23)4-10-18/h2-12H,13H2,1H3,(H,26,31)(H,27,32). The van der Waals surface area contributed by atoms with Crippen LogP contribution in [0, 0.1) is 0 Å². The van der Waals surface area contributed by atoms with Crippen LogP contribution in [0.4, 0.5) is 11.4 Å². The van der Waals surface area contributed by atoms with Crippen molar-refractivity contribution >= 4 is 46.6 Å². The minimum absolute atomic E-state index is 0.171. The van der Waals surface area contributed by atoms with Gasteiger partial charge in [0.05, 0.1) is 11.4 Å². The van der Waals surface area contributed by atoms with Gasteiger partial charge in [0.15, 0.2) is 10.9 Å². The highest BCUT2D eigenvalue weighted by atomic mass is 35.5. The minimum atomic E-state index is -0.410. The molecule has 0 radical (unpaired) electrons. The van der Waals surface area contributed by atoms with Gasteiger partial charge >= 0.3 is 0 Å². The molecule has 0 spiro atoms. The third kappa shape index (κ3) is 5.73. The van der Waals surface area contributed by atoms with E-state index in [2.05, 4.69) is 30.9 Å². The number of nitrogens with zero attached hydrogens (tertiary/aromatic N) is 5. The summed E-state index contributed by atoms with van der Waals surface area (Å²) in [5.74, 6) is -0.216. The van der Waals surface area contributed by atoms with E-state index in [9.17, 15) is 9.59 Å². The van der Waals surface area contributed by atoms with Crippen LogP contribution in [-0.4, -0.2) is 36.8 Å².